The molecule has 0 atom stereocenters. The molecule has 1 saturated heterocycles. The van der Waals surface area contributed by atoms with Gasteiger partial charge in [0, 0.05) is 13.1 Å². The molecule has 0 aliphatic carbocycles. The molecule has 2 heterocycles. The van der Waals surface area contributed by atoms with Crippen LogP contribution in [0.5, 0.6) is 0 Å². The van der Waals surface area contributed by atoms with Gasteiger partial charge in [-0.25, -0.2) is 4.98 Å². The summed E-state index contributed by atoms with van der Waals surface area (Å²) in [5.41, 5.74) is -0.738. The maximum Gasteiger partial charge on any atom is 0.416 e. The highest BCUT2D eigenvalue weighted by atomic mass is 35.5. The van der Waals surface area contributed by atoms with E-state index in [0.717, 1.165) is 44.5 Å². The van der Waals surface area contributed by atoms with E-state index in [1.807, 2.05) is 4.90 Å². The first kappa shape index (κ1) is 12.5. The zero-order chi connectivity index (χ0) is 12.5. The van der Waals surface area contributed by atoms with Crippen molar-refractivity contribution >= 4 is 17.4 Å². The number of pyridine rings is 1. The fourth-order valence-corrected chi connectivity index (χ4v) is 2.14. The van der Waals surface area contributed by atoms with Crippen LogP contribution in [-0.2, 0) is 6.18 Å². The van der Waals surface area contributed by atoms with E-state index in [1.54, 1.807) is 0 Å². The van der Waals surface area contributed by atoms with Crippen molar-refractivity contribution in [3.8, 4) is 0 Å². The topological polar surface area (TPSA) is 16.1 Å². The lowest BCUT2D eigenvalue weighted by atomic mass is 10.1. The van der Waals surface area contributed by atoms with Gasteiger partial charge in [-0.15, -0.1) is 0 Å². The molecule has 94 valence electrons. The molecule has 0 aromatic carbocycles. The first-order valence-electron chi connectivity index (χ1n) is 5.46. The van der Waals surface area contributed by atoms with Gasteiger partial charge in [0.2, 0.25) is 0 Å². The summed E-state index contributed by atoms with van der Waals surface area (Å²) in [6, 6.07) is 1.92. The molecule has 0 amide bonds. The second-order valence-electron chi connectivity index (χ2n) is 4.08. The molecule has 1 aromatic rings. The monoisotopic (exact) mass is 264 g/mol. The molecule has 0 radical (unpaired) electrons. The second-order valence-corrected chi connectivity index (χ2v) is 4.47. The molecule has 0 N–H and O–H groups in total. The third-order valence-corrected chi connectivity index (χ3v) is 2.98. The Balaban J connectivity index is 2.31. The largest absolute Gasteiger partial charge is 0.416 e. The third kappa shape index (κ3) is 3.03. The van der Waals surface area contributed by atoms with Gasteiger partial charge in [0.1, 0.15) is 11.0 Å². The van der Waals surface area contributed by atoms with Gasteiger partial charge in [-0.05, 0) is 31.4 Å². The zero-order valence-corrected chi connectivity index (χ0v) is 9.85. The Morgan fingerprint density at radius 1 is 1.12 bits per heavy atom. The molecule has 1 aliphatic heterocycles. The van der Waals surface area contributed by atoms with Crippen LogP contribution in [0.1, 0.15) is 24.8 Å². The molecule has 1 fully saturated rings. The second kappa shape index (κ2) is 4.72. The minimum Gasteiger partial charge on any atom is -0.357 e. The lowest BCUT2D eigenvalue weighted by molar-refractivity contribution is -0.137. The van der Waals surface area contributed by atoms with Crippen molar-refractivity contribution in [3.05, 3.63) is 22.8 Å². The first-order chi connectivity index (χ1) is 7.97. The van der Waals surface area contributed by atoms with Crippen LogP contribution in [-0.4, -0.2) is 18.1 Å². The van der Waals surface area contributed by atoms with Gasteiger partial charge in [-0.1, -0.05) is 11.6 Å². The lowest BCUT2D eigenvalue weighted by Crippen LogP contribution is -2.30. The Morgan fingerprint density at radius 2 is 1.76 bits per heavy atom. The highest BCUT2D eigenvalue weighted by Crippen LogP contribution is 2.33. The van der Waals surface area contributed by atoms with E-state index < -0.39 is 11.7 Å². The lowest BCUT2D eigenvalue weighted by Gasteiger charge is -2.28. The predicted molar refractivity (Wildman–Crippen MR) is 60.3 cm³/mol. The summed E-state index contributed by atoms with van der Waals surface area (Å²) in [6.45, 7) is 1.48. The van der Waals surface area contributed by atoms with Crippen molar-refractivity contribution in [1.29, 1.82) is 0 Å². The molecule has 0 unspecified atom stereocenters. The first-order valence-corrected chi connectivity index (χ1v) is 5.84. The van der Waals surface area contributed by atoms with Crippen LogP contribution in [0.3, 0.4) is 0 Å². The Labute approximate surface area is 102 Å². The summed E-state index contributed by atoms with van der Waals surface area (Å²) >= 11 is 5.64. The number of piperidine rings is 1. The number of aromatic nitrogens is 1. The quantitative estimate of drug-likeness (QED) is 0.718. The Hall–Kier alpha value is -0.970. The highest BCUT2D eigenvalue weighted by Gasteiger charge is 2.32. The number of hydrogen-bond donors (Lipinski definition) is 0. The van der Waals surface area contributed by atoms with E-state index in [2.05, 4.69) is 4.98 Å². The molecule has 1 aliphatic rings. The zero-order valence-electron chi connectivity index (χ0n) is 9.10. The molecule has 0 saturated carbocycles. The number of nitrogens with zero attached hydrogens (tertiary/aromatic N) is 2. The van der Waals surface area contributed by atoms with Crippen LogP contribution in [0, 0.1) is 0 Å². The van der Waals surface area contributed by atoms with Crippen molar-refractivity contribution in [3.63, 3.8) is 0 Å². The van der Waals surface area contributed by atoms with Crippen molar-refractivity contribution in [2.45, 2.75) is 25.4 Å². The number of halogens is 4. The van der Waals surface area contributed by atoms with Crippen molar-refractivity contribution in [2.24, 2.45) is 0 Å². The normalized spacial score (nSPS) is 17.3. The average Bonchev–Trinajstić information content (AvgIpc) is 2.28. The van der Waals surface area contributed by atoms with E-state index in [4.69, 9.17) is 11.6 Å². The van der Waals surface area contributed by atoms with Crippen LogP contribution in [0.4, 0.5) is 19.0 Å². The van der Waals surface area contributed by atoms with Gasteiger partial charge < -0.3 is 4.90 Å². The fourth-order valence-electron chi connectivity index (χ4n) is 1.93. The van der Waals surface area contributed by atoms with Crippen LogP contribution in [0.2, 0.25) is 5.15 Å². The fraction of sp³-hybridized carbons (Fsp3) is 0.545. The number of anilines is 1. The summed E-state index contributed by atoms with van der Waals surface area (Å²) in [5, 5.41) is -0.111. The van der Waals surface area contributed by atoms with Crippen LogP contribution in [0.25, 0.3) is 0 Å². The Morgan fingerprint density at radius 3 is 2.35 bits per heavy atom. The Kier molecular flexibility index (Phi) is 3.47. The van der Waals surface area contributed by atoms with Crippen LogP contribution in [0.15, 0.2) is 12.1 Å². The predicted octanol–water partition coefficient (Wildman–Crippen LogP) is 3.74. The van der Waals surface area contributed by atoms with Gasteiger partial charge in [-0.2, -0.15) is 13.2 Å². The smallest absolute Gasteiger partial charge is 0.357 e. The van der Waals surface area contributed by atoms with E-state index in [-0.39, 0.29) is 5.15 Å². The average molecular weight is 265 g/mol. The molecule has 2 rings (SSSR count). The molecular formula is C11H12ClF3N2. The summed E-state index contributed by atoms with van der Waals surface area (Å²) in [5.74, 6) is 0.324. The van der Waals surface area contributed by atoms with Crippen molar-refractivity contribution in [2.75, 3.05) is 18.0 Å². The van der Waals surface area contributed by atoms with Gasteiger partial charge in [0.05, 0.1) is 5.56 Å². The number of hydrogen-bond acceptors (Lipinski definition) is 2. The number of rotatable bonds is 1. The maximum atomic E-state index is 12.6. The molecule has 2 nitrogen and oxygen atoms in total. The molecule has 6 heteroatoms. The molecule has 0 bridgehead atoms. The van der Waals surface area contributed by atoms with Gasteiger partial charge in [0.25, 0.3) is 0 Å². The van der Waals surface area contributed by atoms with Crippen molar-refractivity contribution < 1.29 is 13.2 Å². The standard InChI is InChI=1S/C11H12ClF3N2/c12-9-6-8(11(13,14)15)7-10(16-9)17-4-2-1-3-5-17/h6-7H,1-5H2. The summed E-state index contributed by atoms with van der Waals surface area (Å²) in [4.78, 5) is 5.81. The third-order valence-electron chi connectivity index (χ3n) is 2.79. The minimum atomic E-state index is -4.38. The summed E-state index contributed by atoms with van der Waals surface area (Å²) < 4.78 is 37.8. The van der Waals surface area contributed by atoms with E-state index in [0.29, 0.717) is 5.82 Å². The van der Waals surface area contributed by atoms with E-state index in [1.165, 1.54) is 0 Å². The summed E-state index contributed by atoms with van der Waals surface area (Å²) in [7, 11) is 0. The highest BCUT2D eigenvalue weighted by molar-refractivity contribution is 6.29. The SMILES string of the molecule is FC(F)(F)c1cc(Cl)nc(N2CCCCC2)c1. The van der Waals surface area contributed by atoms with Gasteiger partial charge in [-0.3, -0.25) is 0 Å². The number of alkyl halides is 3. The van der Waals surface area contributed by atoms with Crippen LogP contribution < -0.4 is 4.90 Å². The minimum absolute atomic E-state index is 0.111. The van der Waals surface area contributed by atoms with Crippen LogP contribution >= 0.6 is 11.6 Å². The van der Waals surface area contributed by atoms with E-state index >= 15 is 0 Å². The van der Waals surface area contributed by atoms with Gasteiger partial charge in [0.15, 0.2) is 0 Å². The molecular weight excluding hydrogens is 253 g/mol. The molecule has 17 heavy (non-hydrogen) atoms. The molecule has 0 spiro atoms. The summed E-state index contributed by atoms with van der Waals surface area (Å²) in [6.07, 6.45) is -1.30. The Bertz CT molecular complexity index is 400. The van der Waals surface area contributed by atoms with E-state index in [9.17, 15) is 13.2 Å². The molecule has 1 aromatic heterocycles. The van der Waals surface area contributed by atoms with Crippen molar-refractivity contribution in [1.82, 2.24) is 4.98 Å². The maximum absolute atomic E-state index is 12.6. The van der Waals surface area contributed by atoms with Gasteiger partial charge >= 0.3 is 6.18 Å².